The van der Waals surface area contributed by atoms with Crippen LogP contribution in [0.3, 0.4) is 0 Å². The predicted molar refractivity (Wildman–Crippen MR) is 67.8 cm³/mol. The highest BCUT2D eigenvalue weighted by molar-refractivity contribution is 9.09. The molecule has 0 heterocycles. The summed E-state index contributed by atoms with van der Waals surface area (Å²) in [6, 6.07) is 7.03. The largest absolute Gasteiger partial charge is 0.326 e. The first-order valence-corrected chi connectivity index (χ1v) is 6.03. The SMILES string of the molecule is CCC(=O)Nc1cccc(NC(=O)CBr)c1. The summed E-state index contributed by atoms with van der Waals surface area (Å²) in [5.41, 5.74) is 1.34. The number of hydrogen-bond donors (Lipinski definition) is 2. The lowest BCUT2D eigenvalue weighted by molar-refractivity contribution is -0.116. The Bertz CT molecular complexity index is 360. The zero-order valence-electron chi connectivity index (χ0n) is 8.92. The molecule has 2 N–H and O–H groups in total. The minimum Gasteiger partial charge on any atom is -0.326 e. The van der Waals surface area contributed by atoms with E-state index in [0.29, 0.717) is 17.8 Å². The maximum Gasteiger partial charge on any atom is 0.235 e. The van der Waals surface area contributed by atoms with Gasteiger partial charge in [0.2, 0.25) is 11.8 Å². The van der Waals surface area contributed by atoms with Crippen LogP contribution in [-0.2, 0) is 9.59 Å². The monoisotopic (exact) mass is 284 g/mol. The third-order valence-corrected chi connectivity index (χ3v) is 2.38. The maximum atomic E-state index is 11.2. The molecule has 1 rings (SSSR count). The van der Waals surface area contributed by atoms with E-state index in [9.17, 15) is 9.59 Å². The summed E-state index contributed by atoms with van der Waals surface area (Å²) < 4.78 is 0. The van der Waals surface area contributed by atoms with Gasteiger partial charge in [-0.3, -0.25) is 9.59 Å². The zero-order valence-corrected chi connectivity index (χ0v) is 10.5. The van der Waals surface area contributed by atoms with Crippen LogP contribution >= 0.6 is 15.9 Å². The standard InChI is InChI=1S/C11H13BrN2O2/c1-2-10(15)13-8-4-3-5-9(6-8)14-11(16)7-12/h3-6H,2,7H2,1H3,(H,13,15)(H,14,16). The number of hydrogen-bond acceptors (Lipinski definition) is 2. The van der Waals surface area contributed by atoms with Gasteiger partial charge in [-0.05, 0) is 18.2 Å². The fourth-order valence-electron chi connectivity index (χ4n) is 1.12. The van der Waals surface area contributed by atoms with Crippen LogP contribution in [0.2, 0.25) is 0 Å². The molecule has 0 aromatic heterocycles. The Balaban J connectivity index is 2.71. The highest BCUT2D eigenvalue weighted by Gasteiger charge is 2.02. The van der Waals surface area contributed by atoms with E-state index in [1.54, 1.807) is 31.2 Å². The van der Waals surface area contributed by atoms with Crippen molar-refractivity contribution < 1.29 is 9.59 Å². The van der Waals surface area contributed by atoms with Crippen LogP contribution < -0.4 is 10.6 Å². The molecule has 4 nitrogen and oxygen atoms in total. The smallest absolute Gasteiger partial charge is 0.235 e. The highest BCUT2D eigenvalue weighted by Crippen LogP contribution is 2.15. The van der Waals surface area contributed by atoms with E-state index < -0.39 is 0 Å². The molecule has 0 atom stereocenters. The van der Waals surface area contributed by atoms with Crippen LogP contribution in [0.1, 0.15) is 13.3 Å². The molecule has 0 saturated heterocycles. The molecule has 0 aliphatic carbocycles. The van der Waals surface area contributed by atoms with Gasteiger partial charge in [-0.1, -0.05) is 28.9 Å². The molecule has 0 aliphatic rings. The first kappa shape index (κ1) is 12.7. The molecule has 0 fully saturated rings. The van der Waals surface area contributed by atoms with Gasteiger partial charge in [-0.2, -0.15) is 0 Å². The van der Waals surface area contributed by atoms with E-state index in [0.717, 1.165) is 0 Å². The minimum absolute atomic E-state index is 0.0519. The van der Waals surface area contributed by atoms with Crippen molar-refractivity contribution in [2.24, 2.45) is 0 Å². The molecule has 0 spiro atoms. The van der Waals surface area contributed by atoms with Crippen LogP contribution in [0.4, 0.5) is 11.4 Å². The van der Waals surface area contributed by atoms with Crippen LogP contribution in [0.15, 0.2) is 24.3 Å². The van der Waals surface area contributed by atoms with Crippen molar-refractivity contribution in [3.8, 4) is 0 Å². The van der Waals surface area contributed by atoms with Crippen molar-refractivity contribution >= 4 is 39.1 Å². The zero-order chi connectivity index (χ0) is 12.0. The van der Waals surface area contributed by atoms with Crippen molar-refractivity contribution in [2.75, 3.05) is 16.0 Å². The van der Waals surface area contributed by atoms with E-state index in [2.05, 4.69) is 26.6 Å². The molecule has 0 bridgehead atoms. The molecular weight excluding hydrogens is 272 g/mol. The molecule has 0 unspecified atom stereocenters. The summed E-state index contributed by atoms with van der Waals surface area (Å²) in [4.78, 5) is 22.3. The van der Waals surface area contributed by atoms with E-state index in [-0.39, 0.29) is 17.1 Å². The number of halogens is 1. The Labute approximate surface area is 103 Å². The number of benzene rings is 1. The lowest BCUT2D eigenvalue weighted by Crippen LogP contribution is -2.13. The molecule has 1 aromatic rings. The molecule has 0 aliphatic heterocycles. The molecule has 5 heteroatoms. The molecular formula is C11H13BrN2O2. The molecule has 86 valence electrons. The van der Waals surface area contributed by atoms with Crippen LogP contribution in [0, 0.1) is 0 Å². The topological polar surface area (TPSA) is 58.2 Å². The Morgan fingerprint density at radius 1 is 1.19 bits per heavy atom. The number of carbonyl (C=O) groups is 2. The van der Waals surface area contributed by atoms with Gasteiger partial charge in [0.05, 0.1) is 5.33 Å². The molecule has 0 saturated carbocycles. The summed E-state index contributed by atoms with van der Waals surface area (Å²) in [5.74, 6) is -0.178. The number of nitrogens with one attached hydrogen (secondary N) is 2. The van der Waals surface area contributed by atoms with E-state index in [4.69, 9.17) is 0 Å². The maximum absolute atomic E-state index is 11.2. The van der Waals surface area contributed by atoms with Crippen molar-refractivity contribution in [1.82, 2.24) is 0 Å². The van der Waals surface area contributed by atoms with Gasteiger partial charge in [-0.25, -0.2) is 0 Å². The fourth-order valence-corrected chi connectivity index (χ4v) is 1.26. The van der Waals surface area contributed by atoms with Gasteiger partial charge in [0.1, 0.15) is 0 Å². The lowest BCUT2D eigenvalue weighted by atomic mass is 10.2. The molecule has 16 heavy (non-hydrogen) atoms. The summed E-state index contributed by atoms with van der Waals surface area (Å²) in [6.07, 6.45) is 0.429. The number of alkyl halides is 1. The minimum atomic E-state index is -0.126. The summed E-state index contributed by atoms with van der Waals surface area (Å²) in [5, 5.41) is 5.66. The Hall–Kier alpha value is -1.36. The fraction of sp³-hybridized carbons (Fsp3) is 0.273. The van der Waals surface area contributed by atoms with Crippen LogP contribution in [0.25, 0.3) is 0 Å². The van der Waals surface area contributed by atoms with Crippen LogP contribution in [0.5, 0.6) is 0 Å². The highest BCUT2D eigenvalue weighted by atomic mass is 79.9. The van der Waals surface area contributed by atoms with E-state index in [1.165, 1.54) is 0 Å². The van der Waals surface area contributed by atoms with E-state index in [1.807, 2.05) is 0 Å². The Morgan fingerprint density at radius 2 is 1.75 bits per heavy atom. The Kier molecular flexibility index (Phi) is 4.98. The molecule has 1 aromatic carbocycles. The number of anilines is 2. The number of rotatable bonds is 4. The normalized spacial score (nSPS) is 9.62. The summed E-state index contributed by atoms with van der Waals surface area (Å²) in [6.45, 7) is 1.78. The first-order valence-electron chi connectivity index (χ1n) is 4.91. The van der Waals surface area contributed by atoms with Crippen LogP contribution in [-0.4, -0.2) is 17.1 Å². The van der Waals surface area contributed by atoms with Crippen molar-refractivity contribution in [2.45, 2.75) is 13.3 Å². The second-order valence-electron chi connectivity index (χ2n) is 3.16. The first-order chi connectivity index (χ1) is 7.65. The lowest BCUT2D eigenvalue weighted by Gasteiger charge is -2.07. The third-order valence-electron chi connectivity index (χ3n) is 1.87. The molecule has 2 amide bonds. The summed E-state index contributed by atoms with van der Waals surface area (Å²) >= 11 is 3.06. The summed E-state index contributed by atoms with van der Waals surface area (Å²) in [7, 11) is 0. The predicted octanol–water partition coefficient (Wildman–Crippen LogP) is 2.37. The van der Waals surface area contributed by atoms with E-state index >= 15 is 0 Å². The van der Waals surface area contributed by atoms with Gasteiger partial charge in [0, 0.05) is 17.8 Å². The average Bonchev–Trinajstić information content (AvgIpc) is 2.29. The second-order valence-corrected chi connectivity index (χ2v) is 3.73. The second kappa shape index (κ2) is 6.27. The van der Waals surface area contributed by atoms with Gasteiger partial charge in [0.15, 0.2) is 0 Å². The number of carbonyl (C=O) groups excluding carboxylic acids is 2. The third kappa shape index (κ3) is 4.02. The quantitative estimate of drug-likeness (QED) is 0.834. The van der Waals surface area contributed by atoms with Crippen molar-refractivity contribution in [1.29, 1.82) is 0 Å². The van der Waals surface area contributed by atoms with Gasteiger partial charge >= 0.3 is 0 Å². The van der Waals surface area contributed by atoms with Gasteiger partial charge in [-0.15, -0.1) is 0 Å². The average molecular weight is 285 g/mol. The van der Waals surface area contributed by atoms with Crippen molar-refractivity contribution in [3.05, 3.63) is 24.3 Å². The van der Waals surface area contributed by atoms with Gasteiger partial charge in [0.25, 0.3) is 0 Å². The Morgan fingerprint density at radius 3 is 2.25 bits per heavy atom. The van der Waals surface area contributed by atoms with Crippen molar-refractivity contribution in [3.63, 3.8) is 0 Å². The number of amides is 2. The molecule has 0 radical (unpaired) electrons. The van der Waals surface area contributed by atoms with Gasteiger partial charge < -0.3 is 10.6 Å².